The van der Waals surface area contributed by atoms with E-state index >= 15 is 9.59 Å². The molecule has 2 aliphatic rings. The van der Waals surface area contributed by atoms with Gasteiger partial charge in [-0.2, -0.15) is 0 Å². The molecule has 65 heavy (non-hydrogen) atoms. The van der Waals surface area contributed by atoms with Gasteiger partial charge in [0.05, 0.1) is 41.6 Å². The zero-order valence-electron chi connectivity index (χ0n) is 39.6. The number of carbonyl (C=O) groups excluding carboxylic acids is 2. The number of nitrogens with zero attached hydrogens (tertiary/aromatic N) is 3. The lowest BCUT2D eigenvalue weighted by atomic mass is 9.98. The van der Waals surface area contributed by atoms with E-state index in [4.69, 9.17) is 0 Å². The molecule has 0 saturated carbocycles. The van der Waals surface area contributed by atoms with Crippen LogP contribution in [0.5, 0.6) is 0 Å². The Morgan fingerprint density at radius 3 is 1.69 bits per heavy atom. The van der Waals surface area contributed by atoms with Crippen LogP contribution in [0, 0.1) is 11.8 Å². The van der Waals surface area contributed by atoms with E-state index in [2.05, 4.69) is 116 Å². The van der Waals surface area contributed by atoms with Crippen molar-refractivity contribution in [3.05, 3.63) is 91.4 Å². The monoisotopic (exact) mass is 991 g/mol. The highest BCUT2D eigenvalue weighted by Crippen LogP contribution is 2.51. The van der Waals surface area contributed by atoms with Gasteiger partial charge in [-0.1, -0.05) is 161 Å². The third kappa shape index (κ3) is 10.2. The number of unbranched alkanes of at least 4 members (excludes halogenated alkanes) is 11. The van der Waals surface area contributed by atoms with Crippen LogP contribution >= 0.6 is 49.9 Å². The molecule has 6 heterocycles. The van der Waals surface area contributed by atoms with Gasteiger partial charge in [-0.25, -0.2) is 0 Å². The number of halogens is 1. The van der Waals surface area contributed by atoms with Gasteiger partial charge in [-0.05, 0) is 89.0 Å². The van der Waals surface area contributed by atoms with Crippen LogP contribution in [0.1, 0.15) is 160 Å². The quantitative estimate of drug-likeness (QED) is 0.0508. The summed E-state index contributed by atoms with van der Waals surface area (Å²) in [5.41, 5.74) is 5.31. The van der Waals surface area contributed by atoms with E-state index in [9.17, 15) is 0 Å². The Hall–Kier alpha value is -3.50. The molecule has 0 saturated heterocycles. The number of rotatable bonds is 26. The van der Waals surface area contributed by atoms with E-state index in [1.54, 1.807) is 22.7 Å². The second-order valence-electron chi connectivity index (χ2n) is 18.7. The molecule has 0 bridgehead atoms. The third-order valence-electron chi connectivity index (χ3n) is 14.2. The fourth-order valence-corrected chi connectivity index (χ4v) is 14.1. The zero-order valence-corrected chi connectivity index (χ0v) is 43.7. The first-order valence-electron chi connectivity index (χ1n) is 25.2. The van der Waals surface area contributed by atoms with Gasteiger partial charge >= 0.3 is 0 Å². The summed E-state index contributed by atoms with van der Waals surface area (Å²) in [5, 5.41) is 4.05. The highest BCUT2D eigenvalue weighted by atomic mass is 79.9. The average molecular weight is 993 g/mol. The largest absolute Gasteiger partial charge is 0.332 e. The van der Waals surface area contributed by atoms with Crippen LogP contribution in [0.3, 0.4) is 0 Å². The Morgan fingerprint density at radius 2 is 1.11 bits per heavy atom. The number of fused-ring (bicyclic) bond motifs is 6. The molecule has 5 nitrogen and oxygen atoms in total. The number of hydrogen-bond donors (Lipinski definition) is 0. The first-order chi connectivity index (χ1) is 31.8. The molecule has 8 rings (SSSR count). The fraction of sp³-hybridized carbons (Fsp3) is 0.500. The summed E-state index contributed by atoms with van der Waals surface area (Å²) in [6.45, 7) is 13.5. The second-order valence-corrected chi connectivity index (χ2v) is 23.3. The van der Waals surface area contributed by atoms with Crippen LogP contribution < -0.4 is 0 Å². The molecule has 0 fully saturated rings. The summed E-state index contributed by atoms with van der Waals surface area (Å²) >= 11 is 8.98. The number of carbonyl (C=O) groups is 2. The minimum absolute atomic E-state index is 0.0182. The molecule has 2 aliphatic heterocycles. The van der Waals surface area contributed by atoms with Crippen LogP contribution in [0.25, 0.3) is 53.0 Å². The van der Waals surface area contributed by atoms with Gasteiger partial charge in [0.1, 0.15) is 4.83 Å². The van der Waals surface area contributed by atoms with Gasteiger partial charge in [-0.15, -0.1) is 34.0 Å². The number of thiophene rings is 3. The van der Waals surface area contributed by atoms with Crippen molar-refractivity contribution < 1.29 is 9.59 Å². The predicted molar refractivity (Wildman–Crippen MR) is 286 cm³/mol. The molecule has 0 spiro atoms. The highest BCUT2D eigenvalue weighted by molar-refractivity contribution is 9.11. The van der Waals surface area contributed by atoms with E-state index in [0.717, 1.165) is 87.7 Å². The van der Waals surface area contributed by atoms with Crippen LogP contribution in [-0.2, 0) is 16.1 Å². The lowest BCUT2D eigenvalue weighted by Crippen LogP contribution is -2.34. The first-order valence-corrected chi connectivity index (χ1v) is 28.5. The molecule has 6 aromatic rings. The summed E-state index contributed by atoms with van der Waals surface area (Å²) in [6, 6.07) is 24.5. The SMILES string of the molecule is CCCCCCCCCCCCn1c2cc(-c3ccc(C4=C5C(=O)N(CC(CC)CCCC)C(c6ccc(Br)s6)=C5C(=O)N4CC(CC)CCCC)s3)ccc2c2c3ccccc3sc21. The molecule has 2 unspecified atom stereocenters. The standard InChI is InChI=1S/C56H70BrN3O2S3/c1-6-11-14-15-16-17-18-19-20-23-34-58-43-35-40(28-29-41(43)49-42-26-21-22-27-45(42)65-56(49)58)44-30-31-46(63-44)52-50-51(55(62)59(52)36-38(9-4)24-12-7-2)53(47-32-33-48(57)64-47)60(54(50)61)37-39(10-5)25-13-8-3/h21-22,26-33,35,38-39H,6-20,23-25,34,36-37H2,1-5H3. The molecular formula is C56H70BrN3O2S3. The van der Waals surface area contributed by atoms with Gasteiger partial charge < -0.3 is 14.4 Å². The van der Waals surface area contributed by atoms with Crippen molar-refractivity contribution in [2.24, 2.45) is 11.8 Å². The van der Waals surface area contributed by atoms with Crippen LogP contribution in [0.4, 0.5) is 0 Å². The Bertz CT molecular complexity index is 2660. The normalized spacial score (nSPS) is 15.4. The average Bonchev–Trinajstić information content (AvgIpc) is 4.18. The van der Waals surface area contributed by atoms with Crippen molar-refractivity contribution in [3.63, 3.8) is 0 Å². The van der Waals surface area contributed by atoms with Crippen molar-refractivity contribution in [3.8, 4) is 10.4 Å². The molecule has 4 aromatic heterocycles. The summed E-state index contributed by atoms with van der Waals surface area (Å²) in [7, 11) is 0. The van der Waals surface area contributed by atoms with Crippen molar-refractivity contribution >= 4 is 104 Å². The van der Waals surface area contributed by atoms with Crippen molar-refractivity contribution in [2.45, 2.75) is 157 Å². The lowest BCUT2D eigenvalue weighted by Gasteiger charge is -2.29. The molecule has 346 valence electrons. The first kappa shape index (κ1) is 48.0. The van der Waals surface area contributed by atoms with E-state index in [1.165, 1.54) is 101 Å². The van der Waals surface area contributed by atoms with E-state index in [1.807, 2.05) is 27.2 Å². The highest BCUT2D eigenvalue weighted by Gasteiger charge is 2.50. The number of benzene rings is 2. The van der Waals surface area contributed by atoms with Gasteiger partial charge in [0.25, 0.3) is 11.8 Å². The van der Waals surface area contributed by atoms with E-state index < -0.39 is 0 Å². The predicted octanol–water partition coefficient (Wildman–Crippen LogP) is 17.7. The van der Waals surface area contributed by atoms with Gasteiger partial charge in [0.2, 0.25) is 0 Å². The number of amides is 2. The molecule has 0 aliphatic carbocycles. The van der Waals surface area contributed by atoms with Crippen molar-refractivity contribution in [1.29, 1.82) is 0 Å². The third-order valence-corrected chi connectivity index (χ3v) is 18.2. The molecule has 9 heteroatoms. The smallest absolute Gasteiger partial charge is 0.261 e. The molecular weight excluding hydrogens is 923 g/mol. The summed E-state index contributed by atoms with van der Waals surface area (Å²) in [6.07, 6.45) is 21.9. The van der Waals surface area contributed by atoms with Gasteiger partial charge in [0.15, 0.2) is 0 Å². The van der Waals surface area contributed by atoms with Crippen molar-refractivity contribution in [2.75, 3.05) is 13.1 Å². The minimum Gasteiger partial charge on any atom is -0.332 e. The van der Waals surface area contributed by atoms with Crippen LogP contribution in [0.15, 0.2) is 81.7 Å². The number of aromatic nitrogens is 1. The topological polar surface area (TPSA) is 45.6 Å². The molecule has 0 N–H and O–H groups in total. The molecule has 2 atom stereocenters. The van der Waals surface area contributed by atoms with Crippen LogP contribution in [-0.4, -0.2) is 39.3 Å². The molecule has 2 amide bonds. The number of aryl methyl sites for hydroxylation is 1. The van der Waals surface area contributed by atoms with Crippen LogP contribution in [0.2, 0.25) is 0 Å². The summed E-state index contributed by atoms with van der Waals surface area (Å²) in [4.78, 5) is 38.8. The molecule has 0 radical (unpaired) electrons. The summed E-state index contributed by atoms with van der Waals surface area (Å²) in [5.74, 6) is 0.685. The van der Waals surface area contributed by atoms with E-state index in [0.29, 0.717) is 36.1 Å². The zero-order chi connectivity index (χ0) is 45.5. The Morgan fingerprint density at radius 1 is 0.554 bits per heavy atom. The minimum atomic E-state index is -0.0182. The fourth-order valence-electron chi connectivity index (χ4n) is 10.4. The summed E-state index contributed by atoms with van der Waals surface area (Å²) < 4.78 is 4.96. The van der Waals surface area contributed by atoms with Gasteiger partial charge in [0, 0.05) is 45.4 Å². The maximum absolute atomic E-state index is 15.2. The maximum Gasteiger partial charge on any atom is 0.261 e. The lowest BCUT2D eigenvalue weighted by molar-refractivity contribution is -0.124. The second kappa shape index (κ2) is 22.5. The van der Waals surface area contributed by atoms with Crippen molar-refractivity contribution in [1.82, 2.24) is 14.4 Å². The Kier molecular flexibility index (Phi) is 16.6. The van der Waals surface area contributed by atoms with Gasteiger partial charge in [-0.3, -0.25) is 9.59 Å². The molecule has 2 aromatic carbocycles. The van der Waals surface area contributed by atoms with E-state index in [-0.39, 0.29) is 11.8 Å². The Labute approximate surface area is 409 Å². The Balaban J connectivity index is 1.16. The number of hydrogen-bond acceptors (Lipinski definition) is 5. The maximum atomic E-state index is 15.2.